The lowest BCUT2D eigenvalue weighted by Crippen LogP contribution is -2.28. The third kappa shape index (κ3) is 3.42. The number of likely N-dealkylation sites (tertiary alicyclic amines) is 1. The quantitative estimate of drug-likeness (QED) is 0.790. The molecule has 28 heavy (non-hydrogen) atoms. The number of hydrogen-bond acceptors (Lipinski definition) is 6. The SMILES string of the molecule is Cc1nn(C)c(C)c1-c1ccnc(O[C@@H]2CCN(C3=C(Cl)C(=O)CN=C3)C2)c1. The highest BCUT2D eigenvalue weighted by Crippen LogP contribution is 2.29. The average molecular weight is 400 g/mol. The maximum atomic E-state index is 11.8. The van der Waals surface area contributed by atoms with E-state index >= 15 is 0 Å². The van der Waals surface area contributed by atoms with Gasteiger partial charge in [0, 0.05) is 49.7 Å². The Bertz CT molecular complexity index is 994. The summed E-state index contributed by atoms with van der Waals surface area (Å²) in [7, 11) is 1.94. The van der Waals surface area contributed by atoms with Crippen molar-refractivity contribution >= 4 is 23.6 Å². The molecule has 2 aromatic heterocycles. The van der Waals surface area contributed by atoms with E-state index in [-0.39, 0.29) is 23.5 Å². The summed E-state index contributed by atoms with van der Waals surface area (Å²) in [6.07, 6.45) is 4.24. The summed E-state index contributed by atoms with van der Waals surface area (Å²) in [4.78, 5) is 22.3. The predicted molar refractivity (Wildman–Crippen MR) is 108 cm³/mol. The molecule has 2 aliphatic heterocycles. The lowest BCUT2D eigenvalue weighted by Gasteiger charge is -2.22. The van der Waals surface area contributed by atoms with Crippen LogP contribution in [0.5, 0.6) is 5.88 Å². The second kappa shape index (κ2) is 7.39. The first-order chi connectivity index (χ1) is 13.4. The lowest BCUT2D eigenvalue weighted by molar-refractivity contribution is -0.113. The van der Waals surface area contributed by atoms with Crippen LogP contribution < -0.4 is 4.74 Å². The second-order valence-corrected chi connectivity index (χ2v) is 7.50. The van der Waals surface area contributed by atoms with Crippen molar-refractivity contribution in [3.05, 3.63) is 40.4 Å². The molecule has 146 valence electrons. The molecule has 2 aromatic rings. The van der Waals surface area contributed by atoms with E-state index in [4.69, 9.17) is 16.3 Å². The Morgan fingerprint density at radius 1 is 1.32 bits per heavy atom. The molecule has 0 aliphatic carbocycles. The summed E-state index contributed by atoms with van der Waals surface area (Å²) in [6.45, 7) is 5.58. The standard InChI is InChI=1S/C20H22ClN5O2/c1-12-19(13(2)25(3)24-12)14-4-6-23-18(8-14)28-15-5-7-26(11-15)16-9-22-10-17(27)20(16)21/h4,6,8-9,15H,5,7,10-11H2,1-3H3/t15-/m1/s1. The van der Waals surface area contributed by atoms with Gasteiger partial charge in [0.25, 0.3) is 0 Å². The van der Waals surface area contributed by atoms with Gasteiger partial charge < -0.3 is 9.64 Å². The summed E-state index contributed by atoms with van der Waals surface area (Å²) < 4.78 is 8.01. The minimum atomic E-state index is -0.139. The molecule has 0 radical (unpaired) electrons. The van der Waals surface area contributed by atoms with E-state index in [2.05, 4.69) is 22.0 Å². The number of aliphatic imine (C=N–C) groups is 1. The fourth-order valence-electron chi connectivity index (χ4n) is 3.74. The van der Waals surface area contributed by atoms with E-state index in [9.17, 15) is 4.79 Å². The smallest absolute Gasteiger partial charge is 0.214 e. The van der Waals surface area contributed by atoms with Crippen LogP contribution in [-0.2, 0) is 11.8 Å². The molecule has 1 fully saturated rings. The first-order valence-electron chi connectivity index (χ1n) is 9.25. The maximum absolute atomic E-state index is 11.8. The van der Waals surface area contributed by atoms with Gasteiger partial charge in [-0.05, 0) is 25.5 Å². The van der Waals surface area contributed by atoms with Gasteiger partial charge in [0.05, 0.1) is 17.9 Å². The van der Waals surface area contributed by atoms with Crippen molar-refractivity contribution in [3.8, 4) is 17.0 Å². The lowest BCUT2D eigenvalue weighted by atomic mass is 10.1. The summed E-state index contributed by atoms with van der Waals surface area (Å²) in [5.41, 5.74) is 4.92. The summed E-state index contributed by atoms with van der Waals surface area (Å²) >= 11 is 6.18. The van der Waals surface area contributed by atoms with Crippen LogP contribution in [0.2, 0.25) is 0 Å². The van der Waals surface area contributed by atoms with Crippen molar-refractivity contribution in [3.63, 3.8) is 0 Å². The fourth-order valence-corrected chi connectivity index (χ4v) is 3.97. The third-order valence-corrected chi connectivity index (χ3v) is 5.63. The van der Waals surface area contributed by atoms with Crippen molar-refractivity contribution < 1.29 is 9.53 Å². The number of nitrogens with zero attached hydrogens (tertiary/aromatic N) is 5. The Kier molecular flexibility index (Phi) is 4.93. The van der Waals surface area contributed by atoms with E-state index in [1.54, 1.807) is 12.4 Å². The first kappa shape index (κ1) is 18.7. The molecular weight excluding hydrogens is 378 g/mol. The van der Waals surface area contributed by atoms with Crippen LogP contribution in [0.1, 0.15) is 17.8 Å². The largest absolute Gasteiger partial charge is 0.472 e. The van der Waals surface area contributed by atoms with Gasteiger partial charge >= 0.3 is 0 Å². The number of aryl methyl sites for hydroxylation is 2. The Morgan fingerprint density at radius 2 is 2.14 bits per heavy atom. The minimum Gasteiger partial charge on any atom is -0.472 e. The molecule has 0 amide bonds. The topological polar surface area (TPSA) is 72.6 Å². The number of pyridine rings is 1. The number of aromatic nitrogens is 3. The van der Waals surface area contributed by atoms with Crippen LogP contribution in [0.25, 0.3) is 11.1 Å². The molecule has 0 unspecified atom stereocenters. The number of carbonyl (C=O) groups is 1. The van der Waals surface area contributed by atoms with Crippen LogP contribution in [0.15, 0.2) is 34.1 Å². The number of Topliss-reactive ketones (excluding diaryl/α,β-unsaturated/α-hetero) is 1. The number of dihydropyridines is 1. The summed E-state index contributed by atoms with van der Waals surface area (Å²) in [5.74, 6) is 0.445. The highest BCUT2D eigenvalue weighted by atomic mass is 35.5. The summed E-state index contributed by atoms with van der Waals surface area (Å²) in [5, 5.41) is 4.75. The van der Waals surface area contributed by atoms with Crippen molar-refractivity contribution in [2.45, 2.75) is 26.4 Å². The van der Waals surface area contributed by atoms with Crippen molar-refractivity contribution in [2.24, 2.45) is 12.0 Å². The number of halogens is 1. The molecule has 0 saturated carbocycles. The van der Waals surface area contributed by atoms with Gasteiger partial charge in [-0.1, -0.05) is 11.6 Å². The van der Waals surface area contributed by atoms with Crippen LogP contribution in [-0.4, -0.2) is 57.4 Å². The number of allylic oxidation sites excluding steroid dienone is 1. The van der Waals surface area contributed by atoms with E-state index in [1.165, 1.54) is 0 Å². The number of rotatable bonds is 4. The maximum Gasteiger partial charge on any atom is 0.214 e. The number of hydrogen-bond donors (Lipinski definition) is 0. The Labute approximate surface area is 168 Å². The van der Waals surface area contributed by atoms with Crippen molar-refractivity contribution in [1.82, 2.24) is 19.7 Å². The molecule has 4 heterocycles. The van der Waals surface area contributed by atoms with E-state index in [0.29, 0.717) is 18.1 Å². The molecule has 0 bridgehead atoms. The van der Waals surface area contributed by atoms with Gasteiger partial charge in [-0.15, -0.1) is 0 Å². The molecule has 4 rings (SSSR count). The van der Waals surface area contributed by atoms with Gasteiger partial charge in [-0.3, -0.25) is 14.5 Å². The van der Waals surface area contributed by atoms with Gasteiger partial charge in [0.1, 0.15) is 17.7 Å². The van der Waals surface area contributed by atoms with Crippen LogP contribution in [0.4, 0.5) is 0 Å². The predicted octanol–water partition coefficient (Wildman–Crippen LogP) is 2.66. The van der Waals surface area contributed by atoms with E-state index in [1.807, 2.05) is 35.7 Å². The fraction of sp³-hybridized carbons (Fsp3) is 0.400. The Hall–Kier alpha value is -2.67. The molecule has 1 saturated heterocycles. The zero-order valence-corrected chi connectivity index (χ0v) is 16.9. The molecule has 8 heteroatoms. The molecule has 7 nitrogen and oxygen atoms in total. The monoisotopic (exact) mass is 399 g/mol. The normalized spacial score (nSPS) is 19.6. The van der Waals surface area contributed by atoms with Crippen LogP contribution in [0.3, 0.4) is 0 Å². The Balaban J connectivity index is 1.50. The van der Waals surface area contributed by atoms with Gasteiger partial charge in [-0.2, -0.15) is 5.10 Å². The molecule has 0 N–H and O–H groups in total. The van der Waals surface area contributed by atoms with Crippen LogP contribution in [0, 0.1) is 13.8 Å². The van der Waals surface area contributed by atoms with Crippen LogP contribution >= 0.6 is 11.6 Å². The summed E-state index contributed by atoms with van der Waals surface area (Å²) in [6, 6.07) is 3.93. The zero-order valence-electron chi connectivity index (χ0n) is 16.1. The zero-order chi connectivity index (χ0) is 19.8. The van der Waals surface area contributed by atoms with Gasteiger partial charge in [0.2, 0.25) is 5.88 Å². The van der Waals surface area contributed by atoms with Gasteiger partial charge in [0.15, 0.2) is 5.78 Å². The number of ketones is 1. The second-order valence-electron chi connectivity index (χ2n) is 7.12. The van der Waals surface area contributed by atoms with Crippen molar-refractivity contribution in [1.29, 1.82) is 0 Å². The molecule has 0 spiro atoms. The minimum absolute atomic E-state index is 0.0266. The highest BCUT2D eigenvalue weighted by molar-refractivity contribution is 6.44. The first-order valence-corrected chi connectivity index (χ1v) is 9.63. The highest BCUT2D eigenvalue weighted by Gasteiger charge is 2.29. The molecule has 0 aromatic carbocycles. The molecular formula is C20H22ClN5O2. The average Bonchev–Trinajstić information content (AvgIpc) is 3.22. The van der Waals surface area contributed by atoms with E-state index in [0.717, 1.165) is 35.5 Å². The molecule has 2 aliphatic rings. The van der Waals surface area contributed by atoms with Gasteiger partial charge in [-0.25, -0.2) is 4.98 Å². The van der Waals surface area contributed by atoms with E-state index < -0.39 is 0 Å². The third-order valence-electron chi connectivity index (χ3n) is 5.22. The number of ether oxygens (including phenoxy) is 1. The van der Waals surface area contributed by atoms with Crippen molar-refractivity contribution in [2.75, 3.05) is 19.6 Å². The number of carbonyl (C=O) groups excluding carboxylic acids is 1. The Morgan fingerprint density at radius 3 is 2.89 bits per heavy atom. The molecule has 1 atom stereocenters.